The van der Waals surface area contributed by atoms with E-state index in [1.807, 2.05) is 45.0 Å². The molecule has 132 valence electrons. The lowest BCUT2D eigenvalue weighted by Gasteiger charge is -2.29. The first-order chi connectivity index (χ1) is 11.8. The smallest absolute Gasteiger partial charge is 0.410 e. The molecule has 0 saturated heterocycles. The van der Waals surface area contributed by atoms with Crippen molar-refractivity contribution in [2.75, 3.05) is 13.1 Å². The third-order valence-corrected chi connectivity index (χ3v) is 3.89. The first kappa shape index (κ1) is 17.2. The highest BCUT2D eigenvalue weighted by molar-refractivity contribution is 5.73. The van der Waals surface area contributed by atoms with Crippen molar-refractivity contribution in [1.82, 2.24) is 15.0 Å². The van der Waals surface area contributed by atoms with E-state index in [-0.39, 0.29) is 6.09 Å². The van der Waals surface area contributed by atoms with Gasteiger partial charge in [0.1, 0.15) is 5.60 Å². The molecule has 2 heterocycles. The van der Waals surface area contributed by atoms with Gasteiger partial charge in [-0.05, 0) is 57.4 Å². The van der Waals surface area contributed by atoms with Gasteiger partial charge < -0.3 is 14.2 Å². The number of aryl methyl sites for hydroxylation is 1. The van der Waals surface area contributed by atoms with Gasteiger partial charge >= 0.3 is 6.09 Å². The molecule has 0 saturated carbocycles. The Kier molecular flexibility index (Phi) is 4.61. The van der Waals surface area contributed by atoms with E-state index in [9.17, 15) is 4.79 Å². The highest BCUT2D eigenvalue weighted by atomic mass is 16.6. The van der Waals surface area contributed by atoms with Gasteiger partial charge in [0, 0.05) is 18.7 Å². The number of hydrogen-bond acceptors (Lipinski definition) is 5. The van der Waals surface area contributed by atoms with Crippen molar-refractivity contribution in [3.05, 3.63) is 41.7 Å². The summed E-state index contributed by atoms with van der Waals surface area (Å²) in [5.41, 5.74) is 2.80. The Balaban J connectivity index is 1.66. The number of carbonyl (C=O) groups is 1. The Morgan fingerprint density at radius 2 is 1.88 bits per heavy atom. The highest BCUT2D eigenvalue weighted by Gasteiger charge is 2.23. The molecule has 0 atom stereocenters. The van der Waals surface area contributed by atoms with E-state index < -0.39 is 5.60 Å². The predicted molar refractivity (Wildman–Crippen MR) is 94.9 cm³/mol. The zero-order valence-electron chi connectivity index (χ0n) is 15.1. The maximum Gasteiger partial charge on any atom is 0.410 e. The second-order valence-electron chi connectivity index (χ2n) is 7.13. The van der Waals surface area contributed by atoms with Gasteiger partial charge in [-0.15, -0.1) is 0 Å². The fourth-order valence-electron chi connectivity index (χ4n) is 2.66. The lowest BCUT2D eigenvalue weighted by Crippen LogP contribution is -2.39. The minimum Gasteiger partial charge on any atom is -0.444 e. The van der Waals surface area contributed by atoms with Crippen LogP contribution in [0.2, 0.25) is 0 Å². The number of nitrogens with zero attached hydrogens (tertiary/aromatic N) is 3. The zero-order valence-corrected chi connectivity index (χ0v) is 15.1. The van der Waals surface area contributed by atoms with E-state index in [1.54, 1.807) is 11.8 Å². The summed E-state index contributed by atoms with van der Waals surface area (Å²) in [5, 5.41) is 3.81. The lowest BCUT2D eigenvalue weighted by atomic mass is 9.98. The largest absolute Gasteiger partial charge is 0.444 e. The van der Waals surface area contributed by atoms with Crippen LogP contribution in [0.1, 0.15) is 38.6 Å². The van der Waals surface area contributed by atoms with Crippen LogP contribution >= 0.6 is 0 Å². The molecule has 25 heavy (non-hydrogen) atoms. The minimum atomic E-state index is -0.468. The summed E-state index contributed by atoms with van der Waals surface area (Å²) in [6.45, 7) is 8.65. The molecule has 2 aromatic rings. The van der Waals surface area contributed by atoms with Gasteiger partial charge in [0.2, 0.25) is 0 Å². The average Bonchev–Trinajstić information content (AvgIpc) is 3.00. The number of benzene rings is 1. The molecular formula is C19H23N3O3. The fourth-order valence-corrected chi connectivity index (χ4v) is 2.66. The van der Waals surface area contributed by atoms with Crippen molar-refractivity contribution in [2.45, 2.75) is 39.7 Å². The van der Waals surface area contributed by atoms with Gasteiger partial charge in [0.15, 0.2) is 5.82 Å². The Hall–Kier alpha value is -2.63. The van der Waals surface area contributed by atoms with Crippen molar-refractivity contribution >= 4 is 11.7 Å². The van der Waals surface area contributed by atoms with Crippen LogP contribution in [-0.2, 0) is 4.74 Å². The Bertz CT molecular complexity index is 785. The first-order valence-corrected chi connectivity index (χ1v) is 8.40. The topological polar surface area (TPSA) is 68.5 Å². The van der Waals surface area contributed by atoms with Crippen LogP contribution in [0.15, 0.2) is 34.9 Å². The van der Waals surface area contributed by atoms with Crippen molar-refractivity contribution in [1.29, 1.82) is 0 Å². The minimum absolute atomic E-state index is 0.259. The third-order valence-electron chi connectivity index (χ3n) is 3.89. The molecule has 1 aromatic carbocycles. The normalized spacial score (nSPS) is 15.0. The molecule has 0 fully saturated rings. The lowest BCUT2D eigenvalue weighted by molar-refractivity contribution is 0.0270. The van der Waals surface area contributed by atoms with Crippen LogP contribution in [0.5, 0.6) is 0 Å². The van der Waals surface area contributed by atoms with Crippen molar-refractivity contribution < 1.29 is 14.1 Å². The van der Waals surface area contributed by atoms with Crippen LogP contribution in [0.3, 0.4) is 0 Å². The molecule has 0 spiro atoms. The Labute approximate surface area is 147 Å². The fraction of sp³-hybridized carbons (Fsp3) is 0.421. The number of ether oxygens (including phenoxy) is 1. The zero-order chi connectivity index (χ0) is 18.0. The molecule has 0 unspecified atom stereocenters. The van der Waals surface area contributed by atoms with Crippen molar-refractivity contribution in [3.63, 3.8) is 0 Å². The summed E-state index contributed by atoms with van der Waals surface area (Å²) >= 11 is 0. The number of carbonyl (C=O) groups excluding carboxylic acids is 1. The van der Waals surface area contributed by atoms with Gasteiger partial charge in [0.05, 0.1) is 0 Å². The number of hydrogen-bond donors (Lipinski definition) is 0. The third kappa shape index (κ3) is 4.26. The molecule has 0 radical (unpaired) electrons. The van der Waals surface area contributed by atoms with E-state index in [4.69, 9.17) is 9.26 Å². The summed E-state index contributed by atoms with van der Waals surface area (Å²) in [5.74, 6) is 1.15. The maximum absolute atomic E-state index is 12.1. The Morgan fingerprint density at radius 3 is 2.40 bits per heavy atom. The van der Waals surface area contributed by atoms with Gasteiger partial charge in [0.25, 0.3) is 5.89 Å². The van der Waals surface area contributed by atoms with E-state index >= 15 is 0 Å². The molecule has 3 rings (SSSR count). The van der Waals surface area contributed by atoms with Gasteiger partial charge in [-0.2, -0.15) is 4.98 Å². The Morgan fingerprint density at radius 1 is 1.20 bits per heavy atom. The second kappa shape index (κ2) is 6.70. The molecule has 0 N–H and O–H groups in total. The van der Waals surface area contributed by atoms with Crippen LogP contribution in [0.4, 0.5) is 4.79 Å². The first-order valence-electron chi connectivity index (χ1n) is 8.40. The van der Waals surface area contributed by atoms with Gasteiger partial charge in [-0.3, -0.25) is 0 Å². The van der Waals surface area contributed by atoms with Crippen LogP contribution in [0, 0.1) is 6.92 Å². The summed E-state index contributed by atoms with van der Waals surface area (Å²) in [6.07, 6.45) is 2.63. The monoisotopic (exact) mass is 341 g/mol. The quantitative estimate of drug-likeness (QED) is 0.823. The summed E-state index contributed by atoms with van der Waals surface area (Å²) in [6, 6.07) is 8.04. The molecule has 1 aromatic heterocycles. The van der Waals surface area contributed by atoms with Crippen LogP contribution in [-0.4, -0.2) is 39.8 Å². The van der Waals surface area contributed by atoms with E-state index in [1.165, 1.54) is 5.57 Å². The number of aromatic nitrogens is 2. The number of amides is 1. The van der Waals surface area contributed by atoms with Crippen LogP contribution < -0.4 is 0 Å². The molecule has 6 nitrogen and oxygen atoms in total. The molecule has 0 aliphatic carbocycles. The van der Waals surface area contributed by atoms with Crippen molar-refractivity contribution in [2.24, 2.45) is 0 Å². The van der Waals surface area contributed by atoms with Crippen molar-refractivity contribution in [3.8, 4) is 11.5 Å². The van der Waals surface area contributed by atoms with Gasteiger partial charge in [-0.25, -0.2) is 4.79 Å². The molecule has 0 bridgehead atoms. The molecule has 6 heteroatoms. The van der Waals surface area contributed by atoms with Gasteiger partial charge in [-0.1, -0.05) is 23.4 Å². The summed E-state index contributed by atoms with van der Waals surface area (Å²) in [7, 11) is 0. The molecule has 1 amide bonds. The number of rotatable bonds is 2. The molecular weight excluding hydrogens is 318 g/mol. The predicted octanol–water partition coefficient (Wildman–Crippen LogP) is 4.07. The summed E-state index contributed by atoms with van der Waals surface area (Å²) < 4.78 is 10.6. The van der Waals surface area contributed by atoms with E-state index in [2.05, 4.69) is 16.2 Å². The van der Waals surface area contributed by atoms with Crippen LogP contribution in [0.25, 0.3) is 17.0 Å². The molecule has 1 aliphatic rings. The maximum atomic E-state index is 12.1. The standard InChI is InChI=1S/C19H23N3O3/c1-13-20-17(25-21-13)16-7-5-14(6-8-16)15-9-11-22(12-10-15)18(23)24-19(2,3)4/h5-9H,10-12H2,1-4H3. The van der Waals surface area contributed by atoms with E-state index in [0.29, 0.717) is 24.8 Å². The molecule has 1 aliphatic heterocycles. The highest BCUT2D eigenvalue weighted by Crippen LogP contribution is 2.26. The summed E-state index contributed by atoms with van der Waals surface area (Å²) in [4.78, 5) is 18.1. The second-order valence-corrected chi connectivity index (χ2v) is 7.13. The average molecular weight is 341 g/mol. The SMILES string of the molecule is Cc1noc(-c2ccc(C3=CCN(C(=O)OC(C)(C)C)CC3)cc2)n1. The van der Waals surface area contributed by atoms with E-state index in [0.717, 1.165) is 17.5 Å².